The van der Waals surface area contributed by atoms with Crippen molar-refractivity contribution in [3.63, 3.8) is 0 Å². The Kier molecular flexibility index (Phi) is 11.6. The fourth-order valence-corrected chi connectivity index (χ4v) is 2.18. The van der Waals surface area contributed by atoms with Crippen molar-refractivity contribution in [3.8, 4) is 0 Å². The van der Waals surface area contributed by atoms with E-state index in [4.69, 9.17) is 9.47 Å². The summed E-state index contributed by atoms with van der Waals surface area (Å²) in [4.78, 5) is 0. The number of nitrogens with one attached hydrogen (secondary N) is 1. The van der Waals surface area contributed by atoms with Crippen molar-refractivity contribution in [1.29, 1.82) is 0 Å². The standard InChI is InChI=1S/C16H35NO2/c1-6-16(7-2,14-17-10-13-18-5)9-12-19-11-8-15(3)4/h15,17H,6-14H2,1-5H3. The van der Waals surface area contributed by atoms with Crippen molar-refractivity contribution >= 4 is 0 Å². The molecule has 3 nitrogen and oxygen atoms in total. The van der Waals surface area contributed by atoms with Crippen LogP contribution >= 0.6 is 0 Å². The Labute approximate surface area is 120 Å². The van der Waals surface area contributed by atoms with Crippen LogP contribution in [-0.4, -0.2) is 40.0 Å². The van der Waals surface area contributed by atoms with E-state index in [2.05, 4.69) is 33.0 Å². The van der Waals surface area contributed by atoms with Crippen molar-refractivity contribution in [2.45, 2.75) is 53.4 Å². The predicted molar refractivity (Wildman–Crippen MR) is 82.7 cm³/mol. The number of ether oxygens (including phenoxy) is 2. The zero-order valence-corrected chi connectivity index (χ0v) is 13.8. The molecule has 0 saturated heterocycles. The van der Waals surface area contributed by atoms with Gasteiger partial charge in [-0.15, -0.1) is 0 Å². The molecule has 19 heavy (non-hydrogen) atoms. The van der Waals surface area contributed by atoms with Gasteiger partial charge in [0.1, 0.15) is 0 Å². The maximum Gasteiger partial charge on any atom is 0.0587 e. The molecule has 0 aliphatic heterocycles. The number of methoxy groups -OCH3 is 1. The Morgan fingerprint density at radius 1 is 1.05 bits per heavy atom. The van der Waals surface area contributed by atoms with Crippen LogP contribution in [0.2, 0.25) is 0 Å². The third-order valence-electron chi connectivity index (χ3n) is 4.10. The van der Waals surface area contributed by atoms with Gasteiger partial charge in [0.25, 0.3) is 0 Å². The Bertz CT molecular complexity index is 191. The van der Waals surface area contributed by atoms with Crippen molar-refractivity contribution in [2.24, 2.45) is 11.3 Å². The normalized spacial score (nSPS) is 12.3. The van der Waals surface area contributed by atoms with Crippen LogP contribution in [0.5, 0.6) is 0 Å². The van der Waals surface area contributed by atoms with Gasteiger partial charge in [0.05, 0.1) is 6.61 Å². The predicted octanol–water partition coefficient (Wildman–Crippen LogP) is 3.48. The molecular weight excluding hydrogens is 238 g/mol. The molecule has 0 spiro atoms. The molecule has 3 heteroatoms. The highest BCUT2D eigenvalue weighted by Crippen LogP contribution is 2.29. The first-order valence-electron chi connectivity index (χ1n) is 7.87. The summed E-state index contributed by atoms with van der Waals surface area (Å²) in [5.41, 5.74) is 0.381. The van der Waals surface area contributed by atoms with Gasteiger partial charge in [-0.05, 0) is 37.0 Å². The first kappa shape index (κ1) is 18.9. The Balaban J connectivity index is 3.87. The van der Waals surface area contributed by atoms with Gasteiger partial charge in [0.2, 0.25) is 0 Å². The monoisotopic (exact) mass is 273 g/mol. The van der Waals surface area contributed by atoms with Gasteiger partial charge in [0.15, 0.2) is 0 Å². The third-order valence-corrected chi connectivity index (χ3v) is 4.10. The Morgan fingerprint density at radius 3 is 2.26 bits per heavy atom. The van der Waals surface area contributed by atoms with Gasteiger partial charge in [-0.2, -0.15) is 0 Å². The topological polar surface area (TPSA) is 30.5 Å². The largest absolute Gasteiger partial charge is 0.383 e. The van der Waals surface area contributed by atoms with E-state index in [0.717, 1.165) is 51.7 Å². The molecule has 0 unspecified atom stereocenters. The summed E-state index contributed by atoms with van der Waals surface area (Å²) in [5.74, 6) is 0.734. The van der Waals surface area contributed by atoms with E-state index in [1.807, 2.05) is 0 Å². The summed E-state index contributed by atoms with van der Waals surface area (Å²) in [6.45, 7) is 13.6. The SMILES string of the molecule is CCC(CC)(CCOCCC(C)C)CNCCOC. The number of hydrogen-bond donors (Lipinski definition) is 1. The molecule has 0 aliphatic carbocycles. The molecule has 0 rings (SSSR count). The molecule has 0 fully saturated rings. The van der Waals surface area contributed by atoms with Gasteiger partial charge >= 0.3 is 0 Å². The highest BCUT2D eigenvalue weighted by atomic mass is 16.5. The van der Waals surface area contributed by atoms with Crippen LogP contribution in [0.4, 0.5) is 0 Å². The molecule has 0 aromatic rings. The second-order valence-corrected chi connectivity index (χ2v) is 5.92. The van der Waals surface area contributed by atoms with E-state index in [0.29, 0.717) is 5.41 Å². The van der Waals surface area contributed by atoms with Crippen LogP contribution in [0.1, 0.15) is 53.4 Å². The summed E-state index contributed by atoms with van der Waals surface area (Å²) >= 11 is 0. The quantitative estimate of drug-likeness (QED) is 0.521. The number of hydrogen-bond acceptors (Lipinski definition) is 3. The van der Waals surface area contributed by atoms with E-state index in [1.54, 1.807) is 7.11 Å². The fraction of sp³-hybridized carbons (Fsp3) is 1.00. The molecule has 0 aromatic carbocycles. The summed E-state index contributed by atoms with van der Waals surface area (Å²) in [6, 6.07) is 0. The van der Waals surface area contributed by atoms with E-state index in [1.165, 1.54) is 12.8 Å². The first-order chi connectivity index (χ1) is 9.10. The summed E-state index contributed by atoms with van der Waals surface area (Å²) in [5, 5.41) is 3.51. The van der Waals surface area contributed by atoms with Crippen molar-refractivity contribution in [2.75, 3.05) is 40.0 Å². The van der Waals surface area contributed by atoms with Crippen LogP contribution in [0.25, 0.3) is 0 Å². The van der Waals surface area contributed by atoms with E-state index >= 15 is 0 Å². The van der Waals surface area contributed by atoms with Gasteiger partial charge in [-0.1, -0.05) is 27.7 Å². The zero-order valence-electron chi connectivity index (χ0n) is 13.8. The molecule has 0 atom stereocenters. The van der Waals surface area contributed by atoms with Gasteiger partial charge in [-0.3, -0.25) is 0 Å². The molecule has 0 aliphatic rings. The lowest BCUT2D eigenvalue weighted by Crippen LogP contribution is -2.36. The molecule has 116 valence electrons. The molecular formula is C16H35NO2. The van der Waals surface area contributed by atoms with Crippen molar-refractivity contribution in [3.05, 3.63) is 0 Å². The molecule has 0 heterocycles. The van der Waals surface area contributed by atoms with Crippen LogP contribution in [0.15, 0.2) is 0 Å². The Hall–Kier alpha value is -0.120. The van der Waals surface area contributed by atoms with Crippen LogP contribution in [0.3, 0.4) is 0 Å². The van der Waals surface area contributed by atoms with Gasteiger partial charge in [0, 0.05) is 33.4 Å². The van der Waals surface area contributed by atoms with E-state index < -0.39 is 0 Å². The summed E-state index contributed by atoms with van der Waals surface area (Å²) < 4.78 is 10.9. The minimum absolute atomic E-state index is 0.381. The minimum atomic E-state index is 0.381. The van der Waals surface area contributed by atoms with Crippen LogP contribution in [0, 0.1) is 11.3 Å². The second kappa shape index (κ2) is 11.7. The molecule has 0 radical (unpaired) electrons. The molecule has 0 saturated carbocycles. The first-order valence-corrected chi connectivity index (χ1v) is 7.87. The maximum absolute atomic E-state index is 5.78. The lowest BCUT2D eigenvalue weighted by atomic mass is 9.79. The van der Waals surface area contributed by atoms with E-state index in [9.17, 15) is 0 Å². The zero-order chi connectivity index (χ0) is 14.6. The summed E-state index contributed by atoms with van der Waals surface area (Å²) in [7, 11) is 1.75. The number of rotatable bonds is 13. The molecule has 0 bridgehead atoms. The summed E-state index contributed by atoms with van der Waals surface area (Å²) in [6.07, 6.45) is 4.73. The van der Waals surface area contributed by atoms with E-state index in [-0.39, 0.29) is 0 Å². The third kappa shape index (κ3) is 9.42. The van der Waals surface area contributed by atoms with Crippen molar-refractivity contribution in [1.82, 2.24) is 5.32 Å². The highest BCUT2D eigenvalue weighted by molar-refractivity contribution is 4.79. The van der Waals surface area contributed by atoms with Gasteiger partial charge < -0.3 is 14.8 Å². The lowest BCUT2D eigenvalue weighted by Gasteiger charge is -2.32. The average Bonchev–Trinajstić information content (AvgIpc) is 2.41. The highest BCUT2D eigenvalue weighted by Gasteiger charge is 2.25. The second-order valence-electron chi connectivity index (χ2n) is 5.92. The average molecular weight is 273 g/mol. The lowest BCUT2D eigenvalue weighted by molar-refractivity contribution is 0.0806. The molecule has 1 N–H and O–H groups in total. The minimum Gasteiger partial charge on any atom is -0.383 e. The maximum atomic E-state index is 5.78. The van der Waals surface area contributed by atoms with Gasteiger partial charge in [-0.25, -0.2) is 0 Å². The molecule has 0 aromatic heterocycles. The van der Waals surface area contributed by atoms with Crippen molar-refractivity contribution < 1.29 is 9.47 Å². The van der Waals surface area contributed by atoms with Crippen LogP contribution in [-0.2, 0) is 9.47 Å². The Morgan fingerprint density at radius 2 is 1.74 bits per heavy atom. The smallest absolute Gasteiger partial charge is 0.0587 e. The van der Waals surface area contributed by atoms with Crippen LogP contribution < -0.4 is 5.32 Å². The molecule has 0 amide bonds. The fourth-order valence-electron chi connectivity index (χ4n) is 2.18.